The summed E-state index contributed by atoms with van der Waals surface area (Å²) in [6.07, 6.45) is 12.2. The van der Waals surface area contributed by atoms with Crippen molar-refractivity contribution in [3.05, 3.63) is 193 Å². The summed E-state index contributed by atoms with van der Waals surface area (Å²) in [6, 6.07) is 56.0. The van der Waals surface area contributed by atoms with Crippen LogP contribution in [0.2, 0.25) is 0 Å². The van der Waals surface area contributed by atoms with Gasteiger partial charge in [0.2, 0.25) is 0 Å². The molecule has 12 aromatic rings. The Bertz CT molecular complexity index is 4000. The van der Waals surface area contributed by atoms with Crippen LogP contribution < -0.4 is 9.80 Å². The maximum atomic E-state index is 14.8. The molecule has 348 valence electrons. The molecule has 3 aromatic heterocycles. The number of para-hydroxylation sites is 4. The first kappa shape index (κ1) is 42.0. The van der Waals surface area contributed by atoms with Gasteiger partial charge >= 0.3 is 0 Å². The number of benzene rings is 9. The van der Waals surface area contributed by atoms with E-state index in [1.807, 2.05) is 24.3 Å². The summed E-state index contributed by atoms with van der Waals surface area (Å²) < 4.78 is 50.6. The Labute approximate surface area is 409 Å². The Hall–Kier alpha value is -7.90. The molecular weight excluding hydrogens is 883 g/mol. The van der Waals surface area contributed by atoms with Crippen LogP contribution in [0.4, 0.5) is 42.9 Å². The normalized spacial score (nSPS) is 15.1. The molecule has 2 saturated carbocycles. The average Bonchev–Trinajstić information content (AvgIpc) is 4.12. The summed E-state index contributed by atoms with van der Waals surface area (Å²) in [4.78, 5) is 4.33. The molecule has 2 aliphatic carbocycles. The molecule has 5 nitrogen and oxygen atoms in total. The Morgan fingerprint density at radius 2 is 0.803 bits per heavy atom. The highest BCUT2D eigenvalue weighted by atomic mass is 19.1. The van der Waals surface area contributed by atoms with E-state index in [0.29, 0.717) is 23.0 Å². The first-order valence-electron chi connectivity index (χ1n) is 25.4. The van der Waals surface area contributed by atoms with Gasteiger partial charge in [0.15, 0.2) is 11.2 Å². The van der Waals surface area contributed by atoms with E-state index in [1.165, 1.54) is 99.6 Å². The van der Waals surface area contributed by atoms with Crippen molar-refractivity contribution in [1.82, 2.24) is 0 Å². The van der Waals surface area contributed by atoms with Crippen molar-refractivity contribution in [3.63, 3.8) is 0 Å². The molecule has 0 aliphatic heterocycles. The SMILES string of the molecule is Fc1ccc(N(c2ccc3c(c2)oc2cc(N(c4ccc(F)cc4)c4cccc5c4oc4c(C6CCCCC6)cccc45)c4ccccc4c23)c2cccc3c2oc2c(C4CCCCC4)cccc23)cc1. The lowest BCUT2D eigenvalue weighted by Crippen LogP contribution is -2.11. The fourth-order valence-electron chi connectivity index (χ4n) is 12.4. The number of rotatable bonds is 8. The lowest BCUT2D eigenvalue weighted by molar-refractivity contribution is 0.442. The molecule has 2 fully saturated rings. The van der Waals surface area contributed by atoms with E-state index in [1.54, 1.807) is 0 Å². The summed E-state index contributed by atoms with van der Waals surface area (Å²) in [5.41, 5.74) is 12.4. The Balaban J connectivity index is 0.956. The second-order valence-electron chi connectivity index (χ2n) is 19.9. The third kappa shape index (κ3) is 6.92. The third-order valence-electron chi connectivity index (χ3n) is 15.7. The minimum atomic E-state index is -0.309. The maximum absolute atomic E-state index is 14.8. The number of anilines is 6. The first-order valence-corrected chi connectivity index (χ1v) is 25.4. The van der Waals surface area contributed by atoms with Crippen molar-refractivity contribution in [2.75, 3.05) is 9.80 Å². The second kappa shape index (κ2) is 16.9. The van der Waals surface area contributed by atoms with Crippen LogP contribution in [0.15, 0.2) is 183 Å². The number of fused-ring (bicyclic) bond motifs is 11. The van der Waals surface area contributed by atoms with Crippen LogP contribution in [0.1, 0.15) is 87.2 Å². The zero-order chi connectivity index (χ0) is 47.2. The molecule has 3 heterocycles. The molecule has 0 N–H and O–H groups in total. The monoisotopic (exact) mass is 932 g/mol. The first-order chi connectivity index (χ1) is 35.0. The molecular formula is C64H50F2N2O3. The molecule has 0 atom stereocenters. The van der Waals surface area contributed by atoms with Gasteiger partial charge < -0.3 is 23.1 Å². The molecule has 71 heavy (non-hydrogen) atoms. The Morgan fingerprint density at radius 1 is 0.338 bits per heavy atom. The van der Waals surface area contributed by atoms with Crippen molar-refractivity contribution in [1.29, 1.82) is 0 Å². The second-order valence-corrected chi connectivity index (χ2v) is 19.9. The topological polar surface area (TPSA) is 45.9 Å². The fraction of sp³-hybridized carbons (Fsp3) is 0.188. The number of nitrogens with zero attached hydrogens (tertiary/aromatic N) is 2. The van der Waals surface area contributed by atoms with E-state index in [2.05, 4.69) is 131 Å². The number of hydrogen-bond donors (Lipinski definition) is 0. The molecule has 0 unspecified atom stereocenters. The molecule has 2 aliphatic rings. The van der Waals surface area contributed by atoms with Gasteiger partial charge in [-0.2, -0.15) is 0 Å². The van der Waals surface area contributed by atoms with Gasteiger partial charge in [0.1, 0.15) is 34.0 Å². The van der Waals surface area contributed by atoms with E-state index in [9.17, 15) is 8.78 Å². The average molecular weight is 933 g/mol. The highest BCUT2D eigenvalue weighted by molar-refractivity contribution is 6.23. The smallest absolute Gasteiger partial charge is 0.159 e. The van der Waals surface area contributed by atoms with Gasteiger partial charge in [-0.1, -0.05) is 123 Å². The van der Waals surface area contributed by atoms with Crippen LogP contribution in [0.3, 0.4) is 0 Å². The van der Waals surface area contributed by atoms with Crippen LogP contribution >= 0.6 is 0 Å². The van der Waals surface area contributed by atoms with E-state index in [-0.39, 0.29) is 11.6 Å². The van der Waals surface area contributed by atoms with E-state index in [0.717, 1.165) is 99.5 Å². The zero-order valence-corrected chi connectivity index (χ0v) is 39.3. The Kier molecular flexibility index (Phi) is 10.0. The van der Waals surface area contributed by atoms with Crippen LogP contribution in [-0.2, 0) is 0 Å². The number of hydrogen-bond acceptors (Lipinski definition) is 5. The minimum Gasteiger partial charge on any atom is -0.456 e. The Morgan fingerprint density at radius 3 is 1.37 bits per heavy atom. The lowest BCUT2D eigenvalue weighted by Gasteiger charge is -2.27. The van der Waals surface area contributed by atoms with Gasteiger partial charge in [-0.25, -0.2) is 8.78 Å². The number of furan rings is 3. The standard InChI is InChI=1S/C64H50F2N2O3/c65-41-27-31-43(32-28-41)67(55-25-11-23-52-50-21-9-19-46(61(50)70-63(52)55)39-13-3-1-4-14-39)45-35-36-54-58(37-45)69-59-38-57(48-17-7-8-18-49(48)60(54)59)68(44-33-29-42(66)30-34-44)56-26-12-24-53-51-22-10-20-47(62(51)71-64(53)56)40-15-5-2-6-16-40/h7-12,17-40H,1-6,13-16H2. The van der Waals surface area contributed by atoms with Gasteiger partial charge in [-0.15, -0.1) is 0 Å². The molecule has 0 amide bonds. The van der Waals surface area contributed by atoms with Crippen LogP contribution in [0.25, 0.3) is 76.6 Å². The highest BCUT2D eigenvalue weighted by Crippen LogP contribution is 2.50. The molecule has 7 heteroatoms. The molecule has 0 spiro atoms. The largest absolute Gasteiger partial charge is 0.456 e. The molecule has 9 aromatic carbocycles. The summed E-state index contributed by atoms with van der Waals surface area (Å²) in [5, 5.41) is 8.27. The molecule has 0 saturated heterocycles. The minimum absolute atomic E-state index is 0.307. The van der Waals surface area contributed by atoms with Gasteiger partial charge in [0.25, 0.3) is 0 Å². The van der Waals surface area contributed by atoms with Gasteiger partial charge in [-0.05, 0) is 127 Å². The van der Waals surface area contributed by atoms with Crippen molar-refractivity contribution in [2.45, 2.75) is 76.0 Å². The van der Waals surface area contributed by atoms with Crippen LogP contribution in [0, 0.1) is 11.6 Å². The van der Waals surface area contributed by atoms with E-state index in [4.69, 9.17) is 13.3 Å². The van der Waals surface area contributed by atoms with Crippen molar-refractivity contribution in [3.8, 4) is 0 Å². The summed E-state index contributed by atoms with van der Waals surface area (Å²) >= 11 is 0. The number of halogens is 2. The summed E-state index contributed by atoms with van der Waals surface area (Å²) in [6.45, 7) is 0. The quantitative estimate of drug-likeness (QED) is 0.152. The van der Waals surface area contributed by atoms with Crippen molar-refractivity contribution in [2.24, 2.45) is 0 Å². The third-order valence-corrected chi connectivity index (χ3v) is 15.7. The predicted molar refractivity (Wildman–Crippen MR) is 287 cm³/mol. The van der Waals surface area contributed by atoms with Gasteiger partial charge in [0, 0.05) is 61.2 Å². The summed E-state index contributed by atoms with van der Waals surface area (Å²) in [5.74, 6) is 0.318. The van der Waals surface area contributed by atoms with Gasteiger partial charge in [-0.3, -0.25) is 0 Å². The molecule has 0 radical (unpaired) electrons. The van der Waals surface area contributed by atoms with Crippen LogP contribution in [0.5, 0.6) is 0 Å². The molecule has 14 rings (SSSR count). The molecule has 0 bridgehead atoms. The van der Waals surface area contributed by atoms with E-state index >= 15 is 0 Å². The lowest BCUT2D eigenvalue weighted by atomic mass is 9.83. The zero-order valence-electron chi connectivity index (χ0n) is 39.3. The van der Waals surface area contributed by atoms with E-state index < -0.39 is 0 Å². The fourth-order valence-corrected chi connectivity index (χ4v) is 12.4. The van der Waals surface area contributed by atoms with Gasteiger partial charge in [0.05, 0.1) is 22.7 Å². The highest BCUT2D eigenvalue weighted by Gasteiger charge is 2.28. The van der Waals surface area contributed by atoms with Crippen LogP contribution in [-0.4, -0.2) is 0 Å². The van der Waals surface area contributed by atoms with Crippen molar-refractivity contribution >= 4 is 111 Å². The van der Waals surface area contributed by atoms with Crippen molar-refractivity contribution < 1.29 is 22.0 Å². The maximum Gasteiger partial charge on any atom is 0.159 e. The predicted octanol–water partition coefficient (Wildman–Crippen LogP) is 19.9. The summed E-state index contributed by atoms with van der Waals surface area (Å²) in [7, 11) is 0.